The molecule has 0 bridgehead atoms. The molecule has 0 saturated carbocycles. The van der Waals surface area contributed by atoms with Crippen LogP contribution in [0.3, 0.4) is 0 Å². The molecule has 0 fully saturated rings. The second-order valence-corrected chi connectivity index (χ2v) is 8.10. The summed E-state index contributed by atoms with van der Waals surface area (Å²) in [7, 11) is 0. The van der Waals surface area contributed by atoms with Gasteiger partial charge in [0.2, 0.25) is 0 Å². The van der Waals surface area contributed by atoms with E-state index in [2.05, 4.69) is 31.2 Å². The molecule has 3 rings (SSSR count). The van der Waals surface area contributed by atoms with Crippen LogP contribution in [0.15, 0.2) is 50.5 Å². The number of ether oxygens (including phenoxy) is 2. The fraction of sp³-hybridized carbons (Fsp3) is 0.300. The van der Waals surface area contributed by atoms with Crippen molar-refractivity contribution in [2.24, 2.45) is 4.99 Å². The molecule has 0 aliphatic carbocycles. The maximum atomic E-state index is 13.6. The molecule has 2 aromatic rings. The van der Waals surface area contributed by atoms with Gasteiger partial charge in [0.15, 0.2) is 16.9 Å². The lowest BCUT2D eigenvalue weighted by atomic mass is 9.96. The molecule has 0 saturated heterocycles. The molecule has 2 unspecified atom stereocenters. The van der Waals surface area contributed by atoms with Crippen LogP contribution in [0.2, 0.25) is 0 Å². The minimum atomic E-state index is -1.08. The van der Waals surface area contributed by atoms with Crippen molar-refractivity contribution in [2.45, 2.75) is 32.9 Å². The van der Waals surface area contributed by atoms with E-state index in [1.807, 2.05) is 5.38 Å². The molecule has 0 radical (unpaired) electrons. The third-order valence-corrected chi connectivity index (χ3v) is 5.72. The van der Waals surface area contributed by atoms with Crippen LogP contribution in [0.25, 0.3) is 0 Å². The zero-order valence-corrected chi connectivity index (χ0v) is 18.8. The first-order chi connectivity index (χ1) is 14.3. The fourth-order valence-electron chi connectivity index (χ4n) is 2.87. The Kier molecular flexibility index (Phi) is 6.99. The average Bonchev–Trinajstić information content (AvgIpc) is 3.22. The Morgan fingerprint density at radius 3 is 2.80 bits per heavy atom. The maximum absolute atomic E-state index is 13.6. The van der Waals surface area contributed by atoms with Crippen molar-refractivity contribution in [3.05, 3.63) is 61.9 Å². The average molecular weight is 496 g/mol. The summed E-state index contributed by atoms with van der Waals surface area (Å²) in [5, 5.41) is 5.53. The molecule has 1 aliphatic rings. The first-order valence-corrected chi connectivity index (χ1v) is 10.8. The molecule has 1 aliphatic heterocycles. The first-order valence-electron chi connectivity index (χ1n) is 9.09. The number of benzene rings is 1. The van der Waals surface area contributed by atoms with Gasteiger partial charge in [-0.3, -0.25) is 4.99 Å². The number of amidine groups is 1. The van der Waals surface area contributed by atoms with E-state index >= 15 is 0 Å². The number of esters is 2. The third kappa shape index (κ3) is 4.76. The van der Waals surface area contributed by atoms with Crippen LogP contribution >= 0.6 is 27.3 Å². The van der Waals surface area contributed by atoms with E-state index in [-0.39, 0.29) is 12.2 Å². The van der Waals surface area contributed by atoms with Crippen molar-refractivity contribution < 1.29 is 23.5 Å². The van der Waals surface area contributed by atoms with Crippen molar-refractivity contribution in [1.29, 1.82) is 0 Å². The summed E-state index contributed by atoms with van der Waals surface area (Å²) < 4.78 is 24.3. The second kappa shape index (κ2) is 9.48. The Morgan fingerprint density at radius 1 is 1.40 bits per heavy atom. The van der Waals surface area contributed by atoms with Crippen LogP contribution in [-0.4, -0.2) is 35.5 Å². The Balaban J connectivity index is 2.00. The molecular weight excluding hydrogens is 477 g/mol. The molecule has 0 amide bonds. The minimum absolute atomic E-state index is 0.177. The van der Waals surface area contributed by atoms with Gasteiger partial charge >= 0.3 is 11.9 Å². The van der Waals surface area contributed by atoms with Gasteiger partial charge in [0.05, 0.1) is 12.2 Å². The van der Waals surface area contributed by atoms with Crippen molar-refractivity contribution in [1.82, 2.24) is 10.3 Å². The van der Waals surface area contributed by atoms with Crippen LogP contribution in [0.4, 0.5) is 4.39 Å². The number of carbonyl (C=O) groups is 2. The lowest BCUT2D eigenvalue weighted by molar-refractivity contribution is -0.164. The summed E-state index contributed by atoms with van der Waals surface area (Å²) in [6, 6.07) is 3.35. The minimum Gasteiger partial charge on any atom is -0.463 e. The highest BCUT2D eigenvalue weighted by Crippen LogP contribution is 2.36. The van der Waals surface area contributed by atoms with Gasteiger partial charge in [0.25, 0.3) is 0 Å². The second-order valence-electron chi connectivity index (χ2n) is 6.35. The number of halogens is 2. The van der Waals surface area contributed by atoms with Crippen LogP contribution in [-0.2, 0) is 19.1 Å². The number of aliphatic imine (C=N–C) groups is 1. The Labute approximate surface area is 185 Å². The number of nitrogens with zero attached hydrogens (tertiary/aromatic N) is 2. The standard InChI is InChI=1S/C20H19BrFN3O4S/c1-4-28-19(26)11(3)29-20(27)15-10(2)24-17(18-23-7-8-30-18)25-16(15)13-6-5-12(22)9-14(13)21/h5-9,11,16H,4H2,1-3H3,(H,24,25). The van der Waals surface area contributed by atoms with Gasteiger partial charge in [-0.25, -0.2) is 19.0 Å². The van der Waals surface area contributed by atoms with Crippen molar-refractivity contribution >= 4 is 45.0 Å². The van der Waals surface area contributed by atoms with Crippen LogP contribution in [0, 0.1) is 5.82 Å². The van der Waals surface area contributed by atoms with Gasteiger partial charge in [0, 0.05) is 21.7 Å². The number of aromatic nitrogens is 1. The van der Waals surface area contributed by atoms with Gasteiger partial charge in [-0.05, 0) is 38.5 Å². The van der Waals surface area contributed by atoms with Crippen LogP contribution in [0.1, 0.15) is 37.4 Å². The number of thiazole rings is 1. The summed E-state index contributed by atoms with van der Waals surface area (Å²) in [6.07, 6.45) is 0.566. The SMILES string of the molecule is CCOC(=O)C(C)OC(=O)C1=C(C)NC(c2nccs2)=NC1c1ccc(F)cc1Br. The lowest BCUT2D eigenvalue weighted by Gasteiger charge is -2.26. The number of rotatable bonds is 6. The fourth-order valence-corrected chi connectivity index (χ4v) is 4.03. The first kappa shape index (κ1) is 22.1. The molecule has 2 atom stereocenters. The van der Waals surface area contributed by atoms with E-state index in [4.69, 9.17) is 9.47 Å². The van der Waals surface area contributed by atoms with Crippen molar-refractivity contribution in [3.8, 4) is 0 Å². The molecular formula is C20H19BrFN3O4S. The summed E-state index contributed by atoms with van der Waals surface area (Å²) >= 11 is 4.74. The number of hydrogen-bond donors (Lipinski definition) is 1. The maximum Gasteiger partial charge on any atom is 0.347 e. The molecule has 1 aromatic heterocycles. The number of hydrogen-bond acceptors (Lipinski definition) is 8. The topological polar surface area (TPSA) is 89.9 Å². The molecule has 158 valence electrons. The normalized spacial score (nSPS) is 17.1. The third-order valence-electron chi connectivity index (χ3n) is 4.26. The van der Waals surface area contributed by atoms with E-state index in [9.17, 15) is 14.0 Å². The van der Waals surface area contributed by atoms with Gasteiger partial charge < -0.3 is 14.8 Å². The lowest BCUT2D eigenvalue weighted by Crippen LogP contribution is -2.35. The summed E-state index contributed by atoms with van der Waals surface area (Å²) in [5.74, 6) is -1.30. The van der Waals surface area contributed by atoms with Crippen molar-refractivity contribution in [3.63, 3.8) is 0 Å². The quantitative estimate of drug-likeness (QED) is 0.611. The van der Waals surface area contributed by atoms with Gasteiger partial charge in [0.1, 0.15) is 11.9 Å². The zero-order chi connectivity index (χ0) is 21.8. The predicted octanol–water partition coefficient (Wildman–Crippen LogP) is 3.90. The van der Waals surface area contributed by atoms with Crippen LogP contribution < -0.4 is 5.32 Å². The van der Waals surface area contributed by atoms with E-state index in [0.717, 1.165) is 0 Å². The highest BCUT2D eigenvalue weighted by atomic mass is 79.9. The molecule has 1 N–H and O–H groups in total. The van der Waals surface area contributed by atoms with E-state index in [1.165, 1.54) is 30.4 Å². The number of nitrogens with one attached hydrogen (secondary N) is 1. The smallest absolute Gasteiger partial charge is 0.347 e. The zero-order valence-electron chi connectivity index (χ0n) is 16.4. The van der Waals surface area contributed by atoms with Gasteiger partial charge in [-0.2, -0.15) is 0 Å². The van der Waals surface area contributed by atoms with Crippen LogP contribution in [0.5, 0.6) is 0 Å². The number of allylic oxidation sites excluding steroid dienone is 1. The molecule has 10 heteroatoms. The van der Waals surface area contributed by atoms with E-state index in [1.54, 1.807) is 26.1 Å². The molecule has 7 nitrogen and oxygen atoms in total. The summed E-state index contributed by atoms with van der Waals surface area (Å²) in [4.78, 5) is 33.8. The molecule has 30 heavy (non-hydrogen) atoms. The highest BCUT2D eigenvalue weighted by molar-refractivity contribution is 9.10. The monoisotopic (exact) mass is 495 g/mol. The summed E-state index contributed by atoms with van der Waals surface area (Å²) in [5.41, 5.74) is 1.28. The Morgan fingerprint density at radius 2 is 2.17 bits per heavy atom. The predicted molar refractivity (Wildman–Crippen MR) is 114 cm³/mol. The molecule has 1 aromatic carbocycles. The Hall–Kier alpha value is -2.59. The highest BCUT2D eigenvalue weighted by Gasteiger charge is 2.34. The van der Waals surface area contributed by atoms with Crippen molar-refractivity contribution in [2.75, 3.05) is 6.61 Å². The van der Waals surface area contributed by atoms with Gasteiger partial charge in [-0.15, -0.1) is 11.3 Å². The molecule has 0 spiro atoms. The van der Waals surface area contributed by atoms with Gasteiger partial charge in [-0.1, -0.05) is 22.0 Å². The van der Waals surface area contributed by atoms with E-state index < -0.39 is 29.9 Å². The largest absolute Gasteiger partial charge is 0.463 e. The molecule has 2 heterocycles. The number of carbonyl (C=O) groups excluding carboxylic acids is 2. The Bertz CT molecular complexity index is 1020. The van der Waals surface area contributed by atoms with E-state index in [0.29, 0.717) is 26.6 Å². The summed E-state index contributed by atoms with van der Waals surface area (Å²) in [6.45, 7) is 4.99.